The highest BCUT2D eigenvalue weighted by molar-refractivity contribution is 6.21. The number of imide groups is 1. The summed E-state index contributed by atoms with van der Waals surface area (Å²) in [6, 6.07) is 19.5. The molecule has 5 nitrogen and oxygen atoms in total. The number of hydrogen-bond donors (Lipinski definition) is 0. The number of methoxy groups -OCH3 is 1. The molecule has 0 saturated carbocycles. The van der Waals surface area contributed by atoms with Crippen LogP contribution in [0.5, 0.6) is 0 Å². The zero-order chi connectivity index (χ0) is 19.0. The van der Waals surface area contributed by atoms with Gasteiger partial charge in [0.05, 0.1) is 30.7 Å². The SMILES string of the molecule is COC(=O)CC(c1ccc2ccccc2c1)N1C(=O)c2ccccc2C1=O. The highest BCUT2D eigenvalue weighted by Crippen LogP contribution is 2.34. The Morgan fingerprint density at radius 2 is 1.48 bits per heavy atom. The Balaban J connectivity index is 1.81. The zero-order valence-electron chi connectivity index (χ0n) is 14.7. The molecule has 1 aliphatic rings. The van der Waals surface area contributed by atoms with E-state index in [1.165, 1.54) is 12.0 Å². The quantitative estimate of drug-likeness (QED) is 0.526. The molecule has 0 N–H and O–H groups in total. The van der Waals surface area contributed by atoms with Gasteiger partial charge in [0.15, 0.2) is 0 Å². The summed E-state index contributed by atoms with van der Waals surface area (Å²) in [6.45, 7) is 0. The van der Waals surface area contributed by atoms with Crippen LogP contribution in [0.1, 0.15) is 38.7 Å². The number of benzene rings is 3. The highest BCUT2D eigenvalue weighted by atomic mass is 16.5. The second-order valence-corrected chi connectivity index (χ2v) is 6.43. The minimum absolute atomic E-state index is 0.0969. The molecule has 0 bridgehead atoms. The van der Waals surface area contributed by atoms with Crippen molar-refractivity contribution >= 4 is 28.6 Å². The molecule has 1 unspecified atom stereocenters. The first kappa shape index (κ1) is 17.0. The van der Waals surface area contributed by atoms with Gasteiger partial charge in [-0.25, -0.2) is 0 Å². The van der Waals surface area contributed by atoms with E-state index >= 15 is 0 Å². The number of fused-ring (bicyclic) bond motifs is 2. The molecule has 134 valence electrons. The Morgan fingerprint density at radius 3 is 2.11 bits per heavy atom. The molecule has 1 heterocycles. The Labute approximate surface area is 156 Å². The molecule has 3 aromatic carbocycles. The summed E-state index contributed by atoms with van der Waals surface area (Å²) in [5, 5.41) is 2.02. The maximum absolute atomic E-state index is 12.9. The topological polar surface area (TPSA) is 63.7 Å². The van der Waals surface area contributed by atoms with Crippen LogP contribution in [-0.4, -0.2) is 29.8 Å². The second kappa shape index (κ2) is 6.68. The summed E-state index contributed by atoms with van der Waals surface area (Å²) in [4.78, 5) is 39.0. The molecule has 5 heteroatoms. The van der Waals surface area contributed by atoms with Crippen molar-refractivity contribution in [2.45, 2.75) is 12.5 Å². The van der Waals surface area contributed by atoms with Crippen LogP contribution in [0, 0.1) is 0 Å². The second-order valence-electron chi connectivity index (χ2n) is 6.43. The van der Waals surface area contributed by atoms with Crippen molar-refractivity contribution < 1.29 is 19.1 Å². The van der Waals surface area contributed by atoms with Crippen molar-refractivity contribution in [1.82, 2.24) is 4.90 Å². The van der Waals surface area contributed by atoms with Crippen molar-refractivity contribution in [2.24, 2.45) is 0 Å². The standard InChI is InChI=1S/C22H17NO4/c1-27-20(24)13-19(16-11-10-14-6-2-3-7-15(14)12-16)23-21(25)17-8-4-5-9-18(17)22(23)26/h2-12,19H,13H2,1H3. The van der Waals surface area contributed by atoms with Gasteiger partial charge in [0.25, 0.3) is 11.8 Å². The summed E-state index contributed by atoms with van der Waals surface area (Å²) in [6.07, 6.45) is -0.0969. The van der Waals surface area contributed by atoms with E-state index in [9.17, 15) is 14.4 Å². The first-order valence-electron chi connectivity index (χ1n) is 8.62. The normalized spacial score (nSPS) is 14.3. The van der Waals surface area contributed by atoms with E-state index < -0.39 is 23.8 Å². The van der Waals surface area contributed by atoms with Crippen molar-refractivity contribution in [3.63, 3.8) is 0 Å². The molecule has 4 rings (SSSR count). The average Bonchev–Trinajstić information content (AvgIpc) is 2.96. The predicted octanol–water partition coefficient (Wildman–Crippen LogP) is 3.74. The summed E-state index contributed by atoms with van der Waals surface area (Å²) < 4.78 is 4.81. The number of carbonyl (C=O) groups is 3. The van der Waals surface area contributed by atoms with E-state index in [2.05, 4.69) is 0 Å². The molecule has 0 aromatic heterocycles. The minimum Gasteiger partial charge on any atom is -0.469 e. The van der Waals surface area contributed by atoms with E-state index in [1.807, 2.05) is 42.5 Å². The van der Waals surface area contributed by atoms with Crippen LogP contribution in [0.15, 0.2) is 66.7 Å². The smallest absolute Gasteiger partial charge is 0.307 e. The van der Waals surface area contributed by atoms with Crippen molar-refractivity contribution in [3.05, 3.63) is 83.4 Å². The summed E-state index contributed by atoms with van der Waals surface area (Å²) >= 11 is 0. The van der Waals surface area contributed by atoms with E-state index in [0.717, 1.165) is 10.8 Å². The molecule has 0 aliphatic carbocycles. The van der Waals surface area contributed by atoms with Crippen LogP contribution in [0.4, 0.5) is 0 Å². The largest absolute Gasteiger partial charge is 0.469 e. The number of rotatable bonds is 4. The third kappa shape index (κ3) is 2.87. The molecule has 0 spiro atoms. The van der Waals surface area contributed by atoms with E-state index in [-0.39, 0.29) is 6.42 Å². The number of ether oxygens (including phenoxy) is 1. The fraction of sp³-hybridized carbons (Fsp3) is 0.136. The third-order valence-corrected chi connectivity index (χ3v) is 4.88. The minimum atomic E-state index is -0.727. The van der Waals surface area contributed by atoms with Gasteiger partial charge in [-0.15, -0.1) is 0 Å². The molecular weight excluding hydrogens is 342 g/mol. The molecule has 0 radical (unpaired) electrons. The van der Waals surface area contributed by atoms with Gasteiger partial charge in [-0.3, -0.25) is 19.3 Å². The molecule has 0 saturated heterocycles. The first-order chi connectivity index (χ1) is 13.1. The molecule has 27 heavy (non-hydrogen) atoms. The number of carbonyl (C=O) groups excluding carboxylic acids is 3. The van der Waals surface area contributed by atoms with E-state index in [0.29, 0.717) is 16.7 Å². The molecule has 0 fully saturated rings. The number of hydrogen-bond acceptors (Lipinski definition) is 4. The highest BCUT2D eigenvalue weighted by Gasteiger charge is 2.41. The van der Waals surface area contributed by atoms with Crippen LogP contribution in [0.25, 0.3) is 10.8 Å². The lowest BCUT2D eigenvalue weighted by molar-refractivity contribution is -0.141. The molecule has 3 aromatic rings. The van der Waals surface area contributed by atoms with Gasteiger partial charge in [-0.1, -0.05) is 48.5 Å². The summed E-state index contributed by atoms with van der Waals surface area (Å²) in [5.41, 5.74) is 1.44. The number of esters is 1. The lowest BCUT2D eigenvalue weighted by Gasteiger charge is -2.26. The van der Waals surface area contributed by atoms with Crippen LogP contribution in [0.2, 0.25) is 0 Å². The maximum Gasteiger partial charge on any atom is 0.307 e. The van der Waals surface area contributed by atoms with E-state index in [1.54, 1.807) is 24.3 Å². The van der Waals surface area contributed by atoms with Gasteiger partial charge in [0, 0.05) is 0 Å². The number of nitrogens with zero attached hydrogens (tertiary/aromatic N) is 1. The lowest BCUT2D eigenvalue weighted by atomic mass is 9.98. The van der Waals surface area contributed by atoms with Gasteiger partial charge < -0.3 is 4.74 Å². The maximum atomic E-state index is 12.9. The van der Waals surface area contributed by atoms with Crippen LogP contribution in [0.3, 0.4) is 0 Å². The van der Waals surface area contributed by atoms with Crippen molar-refractivity contribution in [1.29, 1.82) is 0 Å². The van der Waals surface area contributed by atoms with Gasteiger partial charge in [-0.2, -0.15) is 0 Å². The van der Waals surface area contributed by atoms with Gasteiger partial charge >= 0.3 is 5.97 Å². The number of amides is 2. The van der Waals surface area contributed by atoms with Crippen molar-refractivity contribution in [2.75, 3.05) is 7.11 Å². The Hall–Kier alpha value is -3.47. The molecule has 2 amide bonds. The third-order valence-electron chi connectivity index (χ3n) is 4.88. The summed E-state index contributed by atoms with van der Waals surface area (Å²) in [7, 11) is 1.29. The van der Waals surface area contributed by atoms with Crippen LogP contribution >= 0.6 is 0 Å². The zero-order valence-corrected chi connectivity index (χ0v) is 14.7. The first-order valence-corrected chi connectivity index (χ1v) is 8.62. The molecule has 1 aliphatic heterocycles. The van der Waals surface area contributed by atoms with Gasteiger partial charge in [0.1, 0.15) is 0 Å². The van der Waals surface area contributed by atoms with Gasteiger partial charge in [0.2, 0.25) is 0 Å². The predicted molar refractivity (Wildman–Crippen MR) is 100 cm³/mol. The fourth-order valence-corrected chi connectivity index (χ4v) is 3.51. The molecular formula is C22H17NO4. The Morgan fingerprint density at radius 1 is 0.889 bits per heavy atom. The summed E-state index contributed by atoms with van der Waals surface area (Å²) in [5.74, 6) is -1.26. The Bertz CT molecular complexity index is 1040. The lowest BCUT2D eigenvalue weighted by Crippen LogP contribution is -2.35. The van der Waals surface area contributed by atoms with E-state index in [4.69, 9.17) is 4.74 Å². The van der Waals surface area contributed by atoms with Gasteiger partial charge in [-0.05, 0) is 34.5 Å². The van der Waals surface area contributed by atoms with Crippen LogP contribution in [-0.2, 0) is 9.53 Å². The van der Waals surface area contributed by atoms with Crippen LogP contribution < -0.4 is 0 Å². The van der Waals surface area contributed by atoms with Crippen molar-refractivity contribution in [3.8, 4) is 0 Å². The Kier molecular flexibility index (Phi) is 4.20. The fourth-order valence-electron chi connectivity index (χ4n) is 3.51. The molecule has 1 atom stereocenters. The average molecular weight is 359 g/mol. The monoisotopic (exact) mass is 359 g/mol.